The molecular weight excluding hydrogens is 702 g/mol. The van der Waals surface area contributed by atoms with E-state index in [1.807, 2.05) is 0 Å². The molecule has 9 nitrogen and oxygen atoms in total. The van der Waals surface area contributed by atoms with Crippen molar-refractivity contribution in [3.8, 4) is 23.0 Å². The van der Waals surface area contributed by atoms with E-state index in [-0.39, 0.29) is 30.8 Å². The molecule has 252 valence electrons. The standard InChI is InChI=1S/C35H32Cl4N2O7/c1-43-31-5-3-21(23(34(31)47-19-7-9-45-17-19)11-25-27(36)13-40-14-28(25)37)33(42)22-4-6-32(44-2)35(48-20-8-10-46-18-20)24(22)12-26-29(38)15-41-16-30(26)39/h3-6,13-16,19-20H,7-12,17-18H2,1-2H3. The maximum atomic E-state index is 15.0. The summed E-state index contributed by atoms with van der Waals surface area (Å²) in [4.78, 5) is 23.2. The molecule has 4 aromatic rings. The third kappa shape index (κ3) is 7.32. The third-order valence-electron chi connectivity index (χ3n) is 8.33. The van der Waals surface area contributed by atoms with Crippen LogP contribution in [-0.4, -0.2) is 68.6 Å². The van der Waals surface area contributed by atoms with E-state index in [1.165, 1.54) is 24.8 Å². The van der Waals surface area contributed by atoms with Gasteiger partial charge in [0.15, 0.2) is 28.8 Å². The maximum absolute atomic E-state index is 15.0. The summed E-state index contributed by atoms with van der Waals surface area (Å²) >= 11 is 26.4. The van der Waals surface area contributed by atoms with Gasteiger partial charge >= 0.3 is 0 Å². The first-order chi connectivity index (χ1) is 23.3. The molecule has 13 heteroatoms. The molecule has 2 saturated heterocycles. The second kappa shape index (κ2) is 15.5. The Balaban J connectivity index is 1.55. The van der Waals surface area contributed by atoms with Crippen LogP contribution in [0.2, 0.25) is 20.1 Å². The van der Waals surface area contributed by atoms with Gasteiger partial charge in [-0.25, -0.2) is 0 Å². The Morgan fingerprint density at radius 2 is 1.06 bits per heavy atom. The largest absolute Gasteiger partial charge is 0.493 e. The fourth-order valence-electron chi connectivity index (χ4n) is 5.83. The Morgan fingerprint density at radius 1 is 0.667 bits per heavy atom. The topological polar surface area (TPSA) is 98.2 Å². The van der Waals surface area contributed by atoms with Crippen molar-refractivity contribution in [1.82, 2.24) is 9.97 Å². The predicted molar refractivity (Wildman–Crippen MR) is 183 cm³/mol. The van der Waals surface area contributed by atoms with Gasteiger partial charge in [-0.15, -0.1) is 0 Å². The Hall–Kier alpha value is -3.31. The summed E-state index contributed by atoms with van der Waals surface area (Å²) in [7, 11) is 3.09. The summed E-state index contributed by atoms with van der Waals surface area (Å²) in [5.41, 5.74) is 2.94. The van der Waals surface area contributed by atoms with Crippen molar-refractivity contribution in [2.45, 2.75) is 37.9 Å². The van der Waals surface area contributed by atoms with Crippen molar-refractivity contribution in [2.24, 2.45) is 0 Å². The zero-order valence-electron chi connectivity index (χ0n) is 26.2. The van der Waals surface area contributed by atoms with Gasteiger partial charge < -0.3 is 28.4 Å². The van der Waals surface area contributed by atoms with Crippen LogP contribution in [0, 0.1) is 0 Å². The maximum Gasteiger partial charge on any atom is 0.193 e. The Kier molecular flexibility index (Phi) is 11.2. The summed E-state index contributed by atoms with van der Waals surface area (Å²) in [5, 5.41) is 1.39. The van der Waals surface area contributed by atoms with E-state index in [0.29, 0.717) is 116 Å². The number of ether oxygens (including phenoxy) is 6. The van der Waals surface area contributed by atoms with Crippen LogP contribution in [0.15, 0.2) is 49.1 Å². The van der Waals surface area contributed by atoms with Gasteiger partial charge in [0.1, 0.15) is 12.2 Å². The molecule has 2 aromatic carbocycles. The normalized spacial score (nSPS) is 17.4. The zero-order chi connectivity index (χ0) is 33.8. The molecule has 2 atom stereocenters. The SMILES string of the molecule is COc1ccc(C(=O)c2ccc(OC)c(OC3CCOC3)c2Cc2c(Cl)cncc2Cl)c(Cc2c(Cl)cncc2Cl)c1OC1CCOC1. The van der Waals surface area contributed by atoms with Crippen LogP contribution in [0.25, 0.3) is 0 Å². The van der Waals surface area contributed by atoms with Gasteiger partial charge in [0.2, 0.25) is 0 Å². The molecule has 2 aliphatic heterocycles. The number of hydrogen-bond acceptors (Lipinski definition) is 9. The van der Waals surface area contributed by atoms with Crippen LogP contribution in [0.4, 0.5) is 0 Å². The number of aromatic nitrogens is 2. The molecule has 4 heterocycles. The number of rotatable bonds is 12. The fraction of sp³-hybridized carbons (Fsp3) is 0.343. The third-order valence-corrected chi connectivity index (χ3v) is 9.64. The van der Waals surface area contributed by atoms with E-state index in [2.05, 4.69) is 9.97 Å². The monoisotopic (exact) mass is 732 g/mol. The quantitative estimate of drug-likeness (QED) is 0.135. The van der Waals surface area contributed by atoms with Crippen LogP contribution in [0.5, 0.6) is 23.0 Å². The number of hydrogen-bond donors (Lipinski definition) is 0. The van der Waals surface area contributed by atoms with Gasteiger partial charge in [0, 0.05) is 72.7 Å². The highest BCUT2D eigenvalue weighted by atomic mass is 35.5. The van der Waals surface area contributed by atoms with Crippen molar-refractivity contribution in [1.29, 1.82) is 0 Å². The van der Waals surface area contributed by atoms with Crippen LogP contribution < -0.4 is 18.9 Å². The summed E-state index contributed by atoms with van der Waals surface area (Å²) in [6, 6.07) is 6.85. The number of ketones is 1. The number of carbonyl (C=O) groups is 1. The molecule has 2 unspecified atom stereocenters. The summed E-state index contributed by atoms with van der Waals surface area (Å²) < 4.78 is 35.7. The highest BCUT2D eigenvalue weighted by Gasteiger charge is 2.31. The van der Waals surface area contributed by atoms with E-state index < -0.39 is 0 Å². The number of pyridine rings is 2. The van der Waals surface area contributed by atoms with Crippen molar-refractivity contribution >= 4 is 52.2 Å². The second-order valence-corrected chi connectivity index (χ2v) is 12.9. The first-order valence-electron chi connectivity index (χ1n) is 15.3. The number of nitrogens with zero attached hydrogens (tertiary/aromatic N) is 2. The van der Waals surface area contributed by atoms with Gasteiger partial charge in [-0.1, -0.05) is 46.4 Å². The molecule has 2 fully saturated rings. The molecular formula is C35H32Cl4N2O7. The van der Waals surface area contributed by atoms with Crippen molar-refractivity contribution in [2.75, 3.05) is 40.6 Å². The van der Waals surface area contributed by atoms with Crippen LogP contribution in [0.1, 0.15) is 51.0 Å². The average molecular weight is 734 g/mol. The van der Waals surface area contributed by atoms with Crippen molar-refractivity contribution in [3.05, 3.63) is 103 Å². The van der Waals surface area contributed by atoms with Gasteiger partial charge in [-0.2, -0.15) is 0 Å². The highest BCUT2D eigenvalue weighted by molar-refractivity contribution is 6.36. The molecule has 2 aromatic heterocycles. The van der Waals surface area contributed by atoms with Gasteiger partial charge in [0.25, 0.3) is 0 Å². The minimum Gasteiger partial charge on any atom is -0.493 e. The number of methoxy groups -OCH3 is 2. The summed E-state index contributed by atoms with van der Waals surface area (Å²) in [6.07, 6.45) is 7.21. The first-order valence-corrected chi connectivity index (χ1v) is 16.8. The molecule has 0 bridgehead atoms. The van der Waals surface area contributed by atoms with E-state index in [9.17, 15) is 4.79 Å². The van der Waals surface area contributed by atoms with E-state index in [4.69, 9.17) is 74.8 Å². The molecule has 0 saturated carbocycles. The minimum atomic E-state index is -0.312. The lowest BCUT2D eigenvalue weighted by Gasteiger charge is -2.23. The van der Waals surface area contributed by atoms with Crippen molar-refractivity contribution < 1.29 is 33.2 Å². The van der Waals surface area contributed by atoms with Gasteiger partial charge in [-0.3, -0.25) is 14.8 Å². The van der Waals surface area contributed by atoms with Crippen molar-refractivity contribution in [3.63, 3.8) is 0 Å². The lowest BCUT2D eigenvalue weighted by molar-refractivity contribution is 0.103. The summed E-state index contributed by atoms with van der Waals surface area (Å²) in [6.45, 7) is 1.93. The first kappa shape index (κ1) is 34.5. The molecule has 0 radical (unpaired) electrons. The lowest BCUT2D eigenvalue weighted by Crippen LogP contribution is -2.20. The summed E-state index contributed by atoms with van der Waals surface area (Å²) in [5.74, 6) is 1.39. The van der Waals surface area contributed by atoms with E-state index in [1.54, 1.807) is 38.5 Å². The number of halogens is 4. The Bertz CT molecular complexity index is 1640. The van der Waals surface area contributed by atoms with Gasteiger partial charge in [0.05, 0.1) is 60.7 Å². The predicted octanol–water partition coefficient (Wildman–Crippen LogP) is 7.86. The lowest BCUT2D eigenvalue weighted by atomic mass is 9.89. The second-order valence-electron chi connectivity index (χ2n) is 11.3. The van der Waals surface area contributed by atoms with E-state index >= 15 is 0 Å². The molecule has 48 heavy (non-hydrogen) atoms. The minimum absolute atomic E-state index is 0.150. The zero-order valence-corrected chi connectivity index (χ0v) is 29.2. The molecule has 0 aliphatic carbocycles. The molecule has 0 spiro atoms. The molecule has 0 N–H and O–H groups in total. The molecule has 2 aliphatic rings. The van der Waals surface area contributed by atoms with Crippen LogP contribution in [-0.2, 0) is 22.3 Å². The average Bonchev–Trinajstić information content (AvgIpc) is 3.80. The number of benzene rings is 2. The Morgan fingerprint density at radius 3 is 1.40 bits per heavy atom. The molecule has 6 rings (SSSR count). The van der Waals surface area contributed by atoms with Gasteiger partial charge in [-0.05, 0) is 35.4 Å². The Labute approximate surface area is 298 Å². The van der Waals surface area contributed by atoms with Crippen LogP contribution >= 0.6 is 46.4 Å². The smallest absolute Gasteiger partial charge is 0.193 e. The van der Waals surface area contributed by atoms with Crippen LogP contribution in [0.3, 0.4) is 0 Å². The fourth-order valence-corrected chi connectivity index (χ4v) is 6.82. The highest BCUT2D eigenvalue weighted by Crippen LogP contribution is 2.43. The molecule has 0 amide bonds. The van der Waals surface area contributed by atoms with E-state index in [0.717, 1.165) is 0 Å². The number of carbonyl (C=O) groups excluding carboxylic acids is 1.